The molecule has 1 aromatic heterocycles. The van der Waals surface area contributed by atoms with Crippen LogP contribution in [0, 0.1) is 0 Å². The van der Waals surface area contributed by atoms with Crippen molar-refractivity contribution < 1.29 is 19.1 Å². The van der Waals surface area contributed by atoms with Gasteiger partial charge in [-0.3, -0.25) is 19.3 Å². The van der Waals surface area contributed by atoms with Crippen molar-refractivity contribution in [1.82, 2.24) is 4.98 Å². The Labute approximate surface area is 220 Å². The van der Waals surface area contributed by atoms with E-state index >= 15 is 0 Å². The summed E-state index contributed by atoms with van der Waals surface area (Å²) in [6.45, 7) is 3.44. The molecular formula is C29H29N5O4. The second kappa shape index (κ2) is 9.90. The van der Waals surface area contributed by atoms with Crippen LogP contribution in [0.25, 0.3) is 0 Å². The highest BCUT2D eigenvalue weighted by Crippen LogP contribution is 2.42. The molecule has 3 heterocycles. The Morgan fingerprint density at radius 2 is 1.89 bits per heavy atom. The van der Waals surface area contributed by atoms with Crippen LogP contribution in [0.15, 0.2) is 54.7 Å². The fourth-order valence-corrected chi connectivity index (χ4v) is 5.68. The van der Waals surface area contributed by atoms with Gasteiger partial charge in [-0.25, -0.2) is 4.98 Å². The first kappa shape index (κ1) is 24.1. The summed E-state index contributed by atoms with van der Waals surface area (Å²) in [4.78, 5) is 45.3. The van der Waals surface area contributed by atoms with Crippen molar-refractivity contribution in [3.05, 3.63) is 71.4 Å². The van der Waals surface area contributed by atoms with Gasteiger partial charge in [-0.05, 0) is 68.1 Å². The summed E-state index contributed by atoms with van der Waals surface area (Å²) in [6, 6.07) is 14.9. The second-order valence-corrected chi connectivity index (χ2v) is 9.91. The Bertz CT molecular complexity index is 1420. The van der Waals surface area contributed by atoms with Crippen LogP contribution in [0.5, 0.6) is 0 Å². The summed E-state index contributed by atoms with van der Waals surface area (Å²) < 4.78 is 5.55. The number of nitrogens with one attached hydrogen (secondary N) is 2. The van der Waals surface area contributed by atoms with Gasteiger partial charge in [-0.2, -0.15) is 0 Å². The average Bonchev–Trinajstić information content (AvgIpc) is 3.44. The predicted octanol–water partition coefficient (Wildman–Crippen LogP) is 4.51. The summed E-state index contributed by atoms with van der Waals surface area (Å²) >= 11 is 0. The lowest BCUT2D eigenvalue weighted by molar-refractivity contribution is -0.107. The molecule has 3 aliphatic rings. The molecule has 0 saturated carbocycles. The van der Waals surface area contributed by atoms with E-state index in [0.29, 0.717) is 43.1 Å². The van der Waals surface area contributed by atoms with Gasteiger partial charge in [0.25, 0.3) is 5.91 Å². The molecule has 1 aliphatic carbocycles. The number of aromatic nitrogens is 1. The van der Waals surface area contributed by atoms with E-state index in [1.165, 1.54) is 0 Å². The molecule has 9 nitrogen and oxygen atoms in total. The van der Waals surface area contributed by atoms with E-state index < -0.39 is 0 Å². The van der Waals surface area contributed by atoms with Crippen LogP contribution in [0.3, 0.4) is 0 Å². The van der Waals surface area contributed by atoms with E-state index in [1.807, 2.05) is 31.2 Å². The van der Waals surface area contributed by atoms with E-state index in [-0.39, 0.29) is 23.9 Å². The van der Waals surface area contributed by atoms with Crippen molar-refractivity contribution in [2.24, 2.45) is 0 Å². The number of aryl methyl sites for hydroxylation is 1. The number of nitrogens with zero attached hydrogens (tertiary/aromatic N) is 3. The Balaban J connectivity index is 1.21. The Morgan fingerprint density at radius 3 is 2.71 bits per heavy atom. The lowest BCUT2D eigenvalue weighted by atomic mass is 10.1. The van der Waals surface area contributed by atoms with Gasteiger partial charge in [0.2, 0.25) is 6.41 Å². The number of anilines is 5. The Kier molecular flexibility index (Phi) is 6.29. The maximum Gasteiger partial charge on any atom is 0.255 e. The van der Waals surface area contributed by atoms with Crippen LogP contribution in [-0.4, -0.2) is 48.5 Å². The van der Waals surface area contributed by atoms with Crippen LogP contribution in [0.4, 0.5) is 28.6 Å². The topological polar surface area (TPSA) is 104 Å². The molecule has 0 radical (unpaired) electrons. The molecule has 38 heavy (non-hydrogen) atoms. The molecule has 0 spiro atoms. The van der Waals surface area contributed by atoms with Crippen LogP contribution in [-0.2, 0) is 16.0 Å². The van der Waals surface area contributed by atoms with Gasteiger partial charge in [0, 0.05) is 54.2 Å². The maximum absolute atomic E-state index is 13.0. The molecular weight excluding hydrogens is 482 g/mol. The predicted molar refractivity (Wildman–Crippen MR) is 145 cm³/mol. The van der Waals surface area contributed by atoms with Crippen molar-refractivity contribution in [3.8, 4) is 0 Å². The van der Waals surface area contributed by atoms with Gasteiger partial charge in [0.15, 0.2) is 5.78 Å². The van der Waals surface area contributed by atoms with Gasteiger partial charge in [-0.1, -0.05) is 6.07 Å². The number of amides is 2. The number of benzene rings is 2. The van der Waals surface area contributed by atoms with Crippen LogP contribution in [0.2, 0.25) is 0 Å². The maximum atomic E-state index is 13.0. The zero-order valence-corrected chi connectivity index (χ0v) is 21.1. The minimum atomic E-state index is -0.235. The molecule has 1 saturated heterocycles. The number of hydrogen-bond donors (Lipinski definition) is 2. The van der Waals surface area contributed by atoms with E-state index in [4.69, 9.17) is 4.74 Å². The summed E-state index contributed by atoms with van der Waals surface area (Å²) in [5.41, 5.74) is 5.36. The number of rotatable bonds is 6. The van der Waals surface area contributed by atoms with Gasteiger partial charge < -0.3 is 20.3 Å². The molecule has 0 bridgehead atoms. The molecule has 2 N–H and O–H groups in total. The molecule has 1 fully saturated rings. The van der Waals surface area contributed by atoms with E-state index in [9.17, 15) is 14.4 Å². The summed E-state index contributed by atoms with van der Waals surface area (Å²) in [7, 11) is 0. The highest BCUT2D eigenvalue weighted by Gasteiger charge is 2.38. The minimum Gasteiger partial charge on any atom is -0.381 e. The third-order valence-corrected chi connectivity index (χ3v) is 7.60. The number of ether oxygens (including phenoxy) is 1. The average molecular weight is 512 g/mol. The van der Waals surface area contributed by atoms with E-state index in [0.717, 1.165) is 47.4 Å². The molecule has 9 heteroatoms. The molecule has 2 amide bonds. The SMILES string of the molecule is CC1N(C=O)c2cnc(Nc3cccc(C(=O)Nc4ccc5c(c4)CCC5=O)c3)cc2N1C1CCOCC1. The largest absolute Gasteiger partial charge is 0.381 e. The lowest BCUT2D eigenvalue weighted by Gasteiger charge is -2.36. The van der Waals surface area contributed by atoms with Crippen molar-refractivity contribution in [3.63, 3.8) is 0 Å². The standard InChI is InChI=1S/C29H29N5O4/c1-18-33(17-35)26-16-30-28(15-25(26)34(18)23-9-11-38-12-10-23)31-21-4-2-3-20(14-21)29(37)32-22-6-7-24-19(13-22)5-8-27(24)36/h2-4,6-7,13-18,23H,5,8-12H2,1H3,(H,30,31)(H,32,37). The third-order valence-electron chi connectivity index (χ3n) is 7.60. The first-order chi connectivity index (χ1) is 18.5. The van der Waals surface area contributed by atoms with E-state index in [2.05, 4.69) is 20.5 Å². The quantitative estimate of drug-likeness (QED) is 0.469. The van der Waals surface area contributed by atoms with Crippen LogP contribution >= 0.6 is 0 Å². The summed E-state index contributed by atoms with van der Waals surface area (Å²) in [5, 5.41) is 6.25. The van der Waals surface area contributed by atoms with Crippen molar-refractivity contribution >= 4 is 46.7 Å². The van der Waals surface area contributed by atoms with E-state index in [1.54, 1.807) is 35.4 Å². The van der Waals surface area contributed by atoms with Crippen molar-refractivity contribution in [2.75, 3.05) is 33.6 Å². The number of fused-ring (bicyclic) bond motifs is 2. The van der Waals surface area contributed by atoms with Gasteiger partial charge in [-0.15, -0.1) is 0 Å². The minimum absolute atomic E-state index is 0.105. The normalized spacial score (nSPS) is 18.8. The molecule has 2 aliphatic heterocycles. The number of hydrogen-bond acceptors (Lipinski definition) is 7. The van der Waals surface area contributed by atoms with Crippen LogP contribution in [0.1, 0.15) is 52.5 Å². The number of carbonyl (C=O) groups is 3. The van der Waals surface area contributed by atoms with Crippen molar-refractivity contribution in [1.29, 1.82) is 0 Å². The number of Topliss-reactive ketones (excluding diaryl/α,β-unsaturated/α-hetero) is 1. The zero-order valence-electron chi connectivity index (χ0n) is 21.1. The molecule has 2 aromatic carbocycles. The molecule has 6 rings (SSSR count). The molecule has 1 atom stereocenters. The van der Waals surface area contributed by atoms with Gasteiger partial charge in [0.05, 0.1) is 17.6 Å². The first-order valence-corrected chi connectivity index (χ1v) is 13.0. The smallest absolute Gasteiger partial charge is 0.255 e. The Morgan fingerprint density at radius 1 is 1.05 bits per heavy atom. The van der Waals surface area contributed by atoms with Gasteiger partial charge >= 0.3 is 0 Å². The second-order valence-electron chi connectivity index (χ2n) is 9.91. The lowest BCUT2D eigenvalue weighted by Crippen LogP contribution is -2.48. The summed E-state index contributed by atoms with van der Waals surface area (Å²) in [6.07, 6.45) is 5.51. The summed E-state index contributed by atoms with van der Waals surface area (Å²) in [5.74, 6) is 0.545. The van der Waals surface area contributed by atoms with Crippen LogP contribution < -0.4 is 20.4 Å². The van der Waals surface area contributed by atoms with Crippen molar-refractivity contribution in [2.45, 2.75) is 44.8 Å². The Hall–Kier alpha value is -4.24. The number of ketones is 1. The third kappa shape index (κ3) is 4.39. The highest BCUT2D eigenvalue weighted by molar-refractivity contribution is 6.06. The fourth-order valence-electron chi connectivity index (χ4n) is 5.68. The zero-order chi connectivity index (χ0) is 26.2. The monoisotopic (exact) mass is 511 g/mol. The van der Waals surface area contributed by atoms with Gasteiger partial charge in [0.1, 0.15) is 12.0 Å². The first-order valence-electron chi connectivity index (χ1n) is 13.0. The molecule has 194 valence electrons. The molecule has 1 unspecified atom stereocenters. The fraction of sp³-hybridized carbons (Fsp3) is 0.310. The molecule has 3 aromatic rings. The number of pyridine rings is 1. The number of carbonyl (C=O) groups excluding carboxylic acids is 3. The highest BCUT2D eigenvalue weighted by atomic mass is 16.5.